The first-order chi connectivity index (χ1) is 10.7. The molecule has 4 nitrogen and oxygen atoms in total. The van der Waals surface area contributed by atoms with Crippen molar-refractivity contribution in [1.29, 1.82) is 0 Å². The molecule has 0 fully saturated rings. The van der Waals surface area contributed by atoms with E-state index in [1.165, 1.54) is 6.33 Å². The molecule has 0 aliphatic heterocycles. The van der Waals surface area contributed by atoms with Crippen molar-refractivity contribution in [2.45, 2.75) is 6.54 Å². The minimum atomic E-state index is 0. The summed E-state index contributed by atoms with van der Waals surface area (Å²) in [5.41, 5.74) is 1.87. The van der Waals surface area contributed by atoms with Gasteiger partial charge >= 0.3 is 0 Å². The van der Waals surface area contributed by atoms with Gasteiger partial charge in [0.15, 0.2) is 0 Å². The predicted octanol–water partition coefficient (Wildman–Crippen LogP) is 4.98. The first-order valence-corrected chi connectivity index (χ1v) is 7.39. The molecule has 0 unspecified atom stereocenters. The molecule has 0 atom stereocenters. The minimum Gasteiger partial charge on any atom is -0.495 e. The summed E-state index contributed by atoms with van der Waals surface area (Å²) in [6.07, 6.45) is 1.53. The highest BCUT2D eigenvalue weighted by Crippen LogP contribution is 2.26. The second kappa shape index (κ2) is 7.68. The molecule has 0 radical (unpaired) electrons. The maximum absolute atomic E-state index is 6.13. The number of fused-ring (bicyclic) bond motifs is 1. The van der Waals surface area contributed by atoms with Gasteiger partial charge in [-0.05, 0) is 35.9 Å². The summed E-state index contributed by atoms with van der Waals surface area (Å²) >= 11 is 12.2. The van der Waals surface area contributed by atoms with Crippen LogP contribution in [0.1, 0.15) is 5.56 Å². The van der Waals surface area contributed by atoms with Crippen LogP contribution in [0.2, 0.25) is 10.0 Å². The molecule has 3 rings (SSSR count). The van der Waals surface area contributed by atoms with Crippen molar-refractivity contribution in [2.24, 2.45) is 0 Å². The number of aromatic nitrogens is 2. The van der Waals surface area contributed by atoms with Gasteiger partial charge in [0.2, 0.25) is 0 Å². The first-order valence-electron chi connectivity index (χ1n) is 6.64. The summed E-state index contributed by atoms with van der Waals surface area (Å²) in [5, 5.41) is 5.40. The van der Waals surface area contributed by atoms with Gasteiger partial charge in [-0.2, -0.15) is 0 Å². The molecule has 0 aliphatic carbocycles. The number of anilines is 1. The zero-order chi connectivity index (χ0) is 15.5. The number of hydrogen-bond donors (Lipinski definition) is 1. The van der Waals surface area contributed by atoms with Crippen LogP contribution in [0, 0.1) is 0 Å². The van der Waals surface area contributed by atoms with Crippen LogP contribution in [0.25, 0.3) is 10.9 Å². The third-order valence-corrected chi connectivity index (χ3v) is 3.80. The summed E-state index contributed by atoms with van der Waals surface area (Å²) in [5.74, 6) is 1.39. The highest BCUT2D eigenvalue weighted by atomic mass is 35.5. The molecule has 3 aromatic rings. The number of hydrogen-bond acceptors (Lipinski definition) is 4. The number of nitrogens with zero attached hydrogens (tertiary/aromatic N) is 2. The molecule has 1 heterocycles. The molecule has 0 bridgehead atoms. The first kappa shape index (κ1) is 17.6. The zero-order valence-corrected chi connectivity index (χ0v) is 14.5. The highest BCUT2D eigenvalue weighted by Gasteiger charge is 2.06. The number of rotatable bonds is 4. The maximum atomic E-state index is 6.13. The SMILES string of the molecule is COc1ccc(CNc2ncnc3ccc(Cl)cc23)cc1Cl.Cl. The highest BCUT2D eigenvalue weighted by molar-refractivity contribution is 6.32. The van der Waals surface area contributed by atoms with E-state index in [1.807, 2.05) is 36.4 Å². The van der Waals surface area contributed by atoms with Gasteiger partial charge in [-0.25, -0.2) is 9.97 Å². The Morgan fingerprint density at radius 3 is 2.65 bits per heavy atom. The lowest BCUT2D eigenvalue weighted by molar-refractivity contribution is 0.415. The topological polar surface area (TPSA) is 47.0 Å². The molecule has 0 aliphatic rings. The Balaban J connectivity index is 0.00000192. The molecule has 1 aromatic heterocycles. The summed E-state index contributed by atoms with van der Waals surface area (Å²) in [6, 6.07) is 11.2. The molecule has 7 heteroatoms. The Kier molecular flexibility index (Phi) is 5.88. The van der Waals surface area contributed by atoms with Gasteiger partial charge in [0.05, 0.1) is 17.6 Å². The van der Waals surface area contributed by atoms with Crippen molar-refractivity contribution < 1.29 is 4.74 Å². The fourth-order valence-corrected chi connectivity index (χ4v) is 2.63. The fraction of sp³-hybridized carbons (Fsp3) is 0.125. The number of nitrogens with one attached hydrogen (secondary N) is 1. The molecule has 1 N–H and O–H groups in total. The molecule has 120 valence electrons. The zero-order valence-electron chi connectivity index (χ0n) is 12.2. The van der Waals surface area contributed by atoms with Gasteiger partial charge in [-0.1, -0.05) is 29.3 Å². The number of benzene rings is 2. The van der Waals surface area contributed by atoms with E-state index >= 15 is 0 Å². The van der Waals surface area contributed by atoms with E-state index in [4.69, 9.17) is 27.9 Å². The molecular weight excluding hydrogens is 357 g/mol. The van der Waals surface area contributed by atoms with E-state index in [0.29, 0.717) is 22.3 Å². The summed E-state index contributed by atoms with van der Waals surface area (Å²) < 4.78 is 5.15. The Labute approximate surface area is 150 Å². The van der Waals surface area contributed by atoms with Gasteiger partial charge in [0, 0.05) is 17.0 Å². The van der Waals surface area contributed by atoms with Crippen LogP contribution in [0.15, 0.2) is 42.7 Å². The molecule has 2 aromatic carbocycles. The lowest BCUT2D eigenvalue weighted by Gasteiger charge is -2.10. The molecule has 0 amide bonds. The second-order valence-electron chi connectivity index (χ2n) is 4.71. The molecule has 0 spiro atoms. The van der Waals surface area contributed by atoms with Crippen molar-refractivity contribution in [2.75, 3.05) is 12.4 Å². The van der Waals surface area contributed by atoms with Crippen molar-refractivity contribution >= 4 is 52.3 Å². The Hall–Kier alpha value is -1.75. The molecule has 23 heavy (non-hydrogen) atoms. The third kappa shape index (κ3) is 3.96. The predicted molar refractivity (Wildman–Crippen MR) is 97.1 cm³/mol. The van der Waals surface area contributed by atoms with Gasteiger partial charge < -0.3 is 10.1 Å². The monoisotopic (exact) mass is 369 g/mol. The molecule has 0 saturated carbocycles. The van der Waals surface area contributed by atoms with Crippen molar-refractivity contribution in [3.8, 4) is 5.75 Å². The van der Waals surface area contributed by atoms with Gasteiger partial charge in [0.25, 0.3) is 0 Å². The third-order valence-electron chi connectivity index (χ3n) is 3.27. The lowest BCUT2D eigenvalue weighted by Crippen LogP contribution is -2.02. The summed E-state index contributed by atoms with van der Waals surface area (Å²) in [7, 11) is 1.59. The quantitative estimate of drug-likeness (QED) is 0.703. The van der Waals surface area contributed by atoms with Crippen LogP contribution >= 0.6 is 35.6 Å². The van der Waals surface area contributed by atoms with Crippen molar-refractivity contribution in [3.05, 3.63) is 58.3 Å². The lowest BCUT2D eigenvalue weighted by atomic mass is 10.2. The fourth-order valence-electron chi connectivity index (χ4n) is 2.18. The Morgan fingerprint density at radius 2 is 1.91 bits per heavy atom. The molecular formula is C16H14Cl3N3O. The average Bonchev–Trinajstić information content (AvgIpc) is 2.53. The minimum absolute atomic E-state index is 0. The van der Waals surface area contributed by atoms with Crippen LogP contribution in [0.5, 0.6) is 5.75 Å². The second-order valence-corrected chi connectivity index (χ2v) is 5.55. The number of halogens is 3. The Bertz CT molecular complexity index is 827. The largest absolute Gasteiger partial charge is 0.495 e. The van der Waals surface area contributed by atoms with Crippen LogP contribution < -0.4 is 10.1 Å². The van der Waals surface area contributed by atoms with Gasteiger partial charge in [-0.3, -0.25) is 0 Å². The number of methoxy groups -OCH3 is 1. The standard InChI is InChI=1S/C16H13Cl2N3O.ClH/c1-22-15-5-2-10(6-13(15)18)8-19-16-12-7-11(17)3-4-14(12)20-9-21-16;/h2-7,9H,8H2,1H3,(H,19,20,21);1H. The van der Waals surface area contributed by atoms with Crippen LogP contribution in [-0.2, 0) is 6.54 Å². The van der Waals surface area contributed by atoms with Crippen LogP contribution in [0.3, 0.4) is 0 Å². The number of ether oxygens (including phenoxy) is 1. The van der Waals surface area contributed by atoms with Gasteiger partial charge in [0.1, 0.15) is 17.9 Å². The smallest absolute Gasteiger partial charge is 0.137 e. The average molecular weight is 371 g/mol. The van der Waals surface area contributed by atoms with E-state index in [9.17, 15) is 0 Å². The van der Waals surface area contributed by atoms with E-state index < -0.39 is 0 Å². The summed E-state index contributed by atoms with van der Waals surface area (Å²) in [4.78, 5) is 8.51. The summed E-state index contributed by atoms with van der Waals surface area (Å²) in [6.45, 7) is 0.586. The van der Waals surface area contributed by atoms with Gasteiger partial charge in [-0.15, -0.1) is 12.4 Å². The van der Waals surface area contributed by atoms with Crippen molar-refractivity contribution in [1.82, 2.24) is 9.97 Å². The van der Waals surface area contributed by atoms with Crippen LogP contribution in [0.4, 0.5) is 5.82 Å². The van der Waals surface area contributed by atoms with Crippen molar-refractivity contribution in [3.63, 3.8) is 0 Å². The Morgan fingerprint density at radius 1 is 1.09 bits per heavy atom. The van der Waals surface area contributed by atoms with E-state index in [1.54, 1.807) is 7.11 Å². The normalized spacial score (nSPS) is 10.2. The maximum Gasteiger partial charge on any atom is 0.137 e. The van der Waals surface area contributed by atoms with Crippen LogP contribution in [-0.4, -0.2) is 17.1 Å². The van der Waals surface area contributed by atoms with E-state index in [2.05, 4.69) is 15.3 Å². The van der Waals surface area contributed by atoms with E-state index in [0.717, 1.165) is 22.3 Å². The van der Waals surface area contributed by atoms with E-state index in [-0.39, 0.29) is 12.4 Å². The molecule has 0 saturated heterocycles.